The lowest BCUT2D eigenvalue weighted by molar-refractivity contribution is 0.171. The fraction of sp³-hybridized carbons (Fsp3) is 0.267. The van der Waals surface area contributed by atoms with Crippen molar-refractivity contribution >= 4 is 5.69 Å². The Kier molecular flexibility index (Phi) is 3.10. The summed E-state index contributed by atoms with van der Waals surface area (Å²) in [4.78, 5) is 11.9. The molecule has 0 spiro atoms. The first kappa shape index (κ1) is 12.6. The molecule has 5 heteroatoms. The van der Waals surface area contributed by atoms with Crippen LogP contribution in [-0.2, 0) is 6.54 Å². The summed E-state index contributed by atoms with van der Waals surface area (Å²) >= 11 is 0. The number of ether oxygens (including phenoxy) is 2. The summed E-state index contributed by atoms with van der Waals surface area (Å²) in [6.45, 7) is 3.37. The van der Waals surface area contributed by atoms with E-state index >= 15 is 0 Å². The molecule has 104 valence electrons. The summed E-state index contributed by atoms with van der Waals surface area (Å²) in [5, 5.41) is 0. The molecule has 1 aliphatic rings. The van der Waals surface area contributed by atoms with Crippen LogP contribution in [0.4, 0.5) is 5.69 Å². The van der Waals surface area contributed by atoms with E-state index in [-0.39, 0.29) is 5.56 Å². The zero-order valence-corrected chi connectivity index (χ0v) is 11.3. The molecule has 20 heavy (non-hydrogen) atoms. The lowest BCUT2D eigenvalue weighted by atomic mass is 10.1. The van der Waals surface area contributed by atoms with E-state index < -0.39 is 0 Å². The van der Waals surface area contributed by atoms with Crippen molar-refractivity contribution in [1.29, 1.82) is 0 Å². The summed E-state index contributed by atoms with van der Waals surface area (Å²) in [5.74, 6) is 1.34. The minimum atomic E-state index is -0.0423. The number of benzene rings is 1. The highest BCUT2D eigenvalue weighted by molar-refractivity contribution is 5.58. The SMILES string of the molecule is Cc1ccn(Cc2cc3c(cc2N)OCCO3)c(=O)c1. The third-order valence-corrected chi connectivity index (χ3v) is 3.30. The van der Waals surface area contributed by atoms with Crippen LogP contribution < -0.4 is 20.8 Å². The van der Waals surface area contributed by atoms with Gasteiger partial charge in [-0.3, -0.25) is 4.79 Å². The Morgan fingerprint density at radius 3 is 2.60 bits per heavy atom. The Balaban J connectivity index is 1.96. The van der Waals surface area contributed by atoms with E-state index in [1.165, 1.54) is 0 Å². The maximum atomic E-state index is 11.9. The molecule has 2 aromatic rings. The minimum absolute atomic E-state index is 0.0423. The number of anilines is 1. The Hall–Kier alpha value is -2.43. The van der Waals surface area contributed by atoms with Gasteiger partial charge < -0.3 is 19.8 Å². The van der Waals surface area contributed by atoms with Crippen molar-refractivity contribution in [3.05, 3.63) is 51.9 Å². The van der Waals surface area contributed by atoms with E-state index in [1.54, 1.807) is 22.9 Å². The molecular formula is C15H16N2O3. The number of rotatable bonds is 2. The van der Waals surface area contributed by atoms with Gasteiger partial charge >= 0.3 is 0 Å². The van der Waals surface area contributed by atoms with Crippen molar-refractivity contribution in [3.63, 3.8) is 0 Å². The molecule has 1 aromatic carbocycles. The fourth-order valence-corrected chi connectivity index (χ4v) is 2.20. The molecule has 5 nitrogen and oxygen atoms in total. The number of aryl methyl sites for hydroxylation is 1. The third-order valence-electron chi connectivity index (χ3n) is 3.30. The maximum Gasteiger partial charge on any atom is 0.251 e. The topological polar surface area (TPSA) is 66.5 Å². The van der Waals surface area contributed by atoms with Gasteiger partial charge in [0.2, 0.25) is 0 Å². The number of aromatic nitrogens is 1. The van der Waals surface area contributed by atoms with Crippen LogP contribution in [0.25, 0.3) is 0 Å². The van der Waals surface area contributed by atoms with E-state index in [1.807, 2.05) is 19.1 Å². The summed E-state index contributed by atoms with van der Waals surface area (Å²) in [5.41, 5.74) is 8.37. The van der Waals surface area contributed by atoms with Gasteiger partial charge in [-0.1, -0.05) is 0 Å². The number of pyridine rings is 1. The Labute approximate surface area is 116 Å². The van der Waals surface area contributed by atoms with Crippen LogP contribution in [0.3, 0.4) is 0 Å². The molecule has 0 unspecified atom stereocenters. The largest absolute Gasteiger partial charge is 0.486 e. The number of fused-ring (bicyclic) bond motifs is 1. The summed E-state index contributed by atoms with van der Waals surface area (Å²) < 4.78 is 12.6. The smallest absolute Gasteiger partial charge is 0.251 e. The van der Waals surface area contributed by atoms with Gasteiger partial charge in [0.1, 0.15) is 13.2 Å². The van der Waals surface area contributed by atoms with Crippen LogP contribution in [0.2, 0.25) is 0 Å². The zero-order valence-electron chi connectivity index (χ0n) is 11.3. The van der Waals surface area contributed by atoms with Gasteiger partial charge in [0.15, 0.2) is 11.5 Å². The van der Waals surface area contributed by atoms with Gasteiger partial charge in [0.25, 0.3) is 5.56 Å². The molecule has 2 N–H and O–H groups in total. The van der Waals surface area contributed by atoms with Crippen molar-refractivity contribution in [2.75, 3.05) is 18.9 Å². The van der Waals surface area contributed by atoms with Gasteiger partial charge in [-0.2, -0.15) is 0 Å². The van der Waals surface area contributed by atoms with Crippen molar-refractivity contribution < 1.29 is 9.47 Å². The second-order valence-corrected chi connectivity index (χ2v) is 4.86. The van der Waals surface area contributed by atoms with E-state index in [4.69, 9.17) is 15.2 Å². The highest BCUT2D eigenvalue weighted by Crippen LogP contribution is 2.34. The lowest BCUT2D eigenvalue weighted by Gasteiger charge is -2.20. The molecule has 3 rings (SSSR count). The minimum Gasteiger partial charge on any atom is -0.486 e. The van der Waals surface area contributed by atoms with E-state index in [2.05, 4.69) is 0 Å². The predicted molar refractivity (Wildman–Crippen MR) is 76.4 cm³/mol. The van der Waals surface area contributed by atoms with E-state index in [0.717, 1.165) is 11.1 Å². The maximum absolute atomic E-state index is 11.9. The van der Waals surface area contributed by atoms with Crippen LogP contribution in [0.15, 0.2) is 35.3 Å². The highest BCUT2D eigenvalue weighted by atomic mass is 16.6. The Morgan fingerprint density at radius 2 is 1.90 bits per heavy atom. The van der Waals surface area contributed by atoms with Crippen molar-refractivity contribution in [2.45, 2.75) is 13.5 Å². The standard InChI is InChI=1S/C15H16N2O3/c1-10-2-3-17(15(18)6-10)9-11-7-13-14(8-12(11)16)20-5-4-19-13/h2-3,6-8H,4-5,9,16H2,1H3. The summed E-state index contributed by atoms with van der Waals surface area (Å²) in [7, 11) is 0. The Bertz CT molecular complexity index is 707. The number of nitrogen functional groups attached to an aromatic ring is 1. The highest BCUT2D eigenvalue weighted by Gasteiger charge is 2.15. The molecule has 1 aliphatic heterocycles. The van der Waals surface area contributed by atoms with Crippen LogP contribution >= 0.6 is 0 Å². The predicted octanol–water partition coefficient (Wildman–Crippen LogP) is 1.56. The van der Waals surface area contributed by atoms with Gasteiger partial charge in [-0.15, -0.1) is 0 Å². The molecule has 1 aromatic heterocycles. The number of nitrogens with two attached hydrogens (primary N) is 1. The molecule has 0 fully saturated rings. The number of hydrogen-bond donors (Lipinski definition) is 1. The average molecular weight is 272 g/mol. The first-order valence-electron chi connectivity index (χ1n) is 6.48. The molecule has 0 saturated carbocycles. The van der Waals surface area contributed by atoms with Gasteiger partial charge in [0.05, 0.1) is 6.54 Å². The van der Waals surface area contributed by atoms with Crippen molar-refractivity contribution in [2.24, 2.45) is 0 Å². The van der Waals surface area contributed by atoms with E-state index in [9.17, 15) is 4.79 Å². The molecule has 0 amide bonds. The van der Waals surface area contributed by atoms with Crippen LogP contribution in [0.1, 0.15) is 11.1 Å². The molecule has 0 radical (unpaired) electrons. The van der Waals surface area contributed by atoms with Crippen molar-refractivity contribution in [1.82, 2.24) is 4.57 Å². The first-order valence-corrected chi connectivity index (χ1v) is 6.48. The lowest BCUT2D eigenvalue weighted by Crippen LogP contribution is -2.20. The van der Waals surface area contributed by atoms with E-state index in [0.29, 0.717) is 36.9 Å². The monoisotopic (exact) mass is 272 g/mol. The quantitative estimate of drug-likeness (QED) is 0.842. The number of nitrogens with zero attached hydrogens (tertiary/aromatic N) is 1. The third kappa shape index (κ3) is 2.34. The van der Waals surface area contributed by atoms with Gasteiger partial charge in [-0.25, -0.2) is 0 Å². The summed E-state index contributed by atoms with van der Waals surface area (Å²) in [6, 6.07) is 7.10. The van der Waals surface area contributed by atoms with Crippen LogP contribution in [0, 0.1) is 6.92 Å². The van der Waals surface area contributed by atoms with Crippen LogP contribution in [0.5, 0.6) is 11.5 Å². The molecule has 0 aliphatic carbocycles. The fourth-order valence-electron chi connectivity index (χ4n) is 2.20. The Morgan fingerprint density at radius 1 is 1.20 bits per heavy atom. The normalized spacial score (nSPS) is 13.2. The second kappa shape index (κ2) is 4.92. The molecule has 0 bridgehead atoms. The first-order chi connectivity index (χ1) is 9.63. The zero-order chi connectivity index (χ0) is 14.1. The molecule has 0 atom stereocenters. The second-order valence-electron chi connectivity index (χ2n) is 4.86. The number of hydrogen-bond acceptors (Lipinski definition) is 4. The van der Waals surface area contributed by atoms with Crippen molar-refractivity contribution in [3.8, 4) is 11.5 Å². The van der Waals surface area contributed by atoms with Gasteiger partial charge in [0, 0.05) is 24.0 Å². The van der Waals surface area contributed by atoms with Gasteiger partial charge in [-0.05, 0) is 30.2 Å². The molecule has 2 heterocycles. The van der Waals surface area contributed by atoms with Crippen LogP contribution in [-0.4, -0.2) is 17.8 Å². The summed E-state index contributed by atoms with van der Waals surface area (Å²) in [6.07, 6.45) is 1.77. The molecule has 0 saturated heterocycles. The molecular weight excluding hydrogens is 256 g/mol. The average Bonchev–Trinajstić information content (AvgIpc) is 2.42.